The van der Waals surface area contributed by atoms with Gasteiger partial charge in [-0.05, 0) is 73.3 Å². The lowest BCUT2D eigenvalue weighted by Crippen LogP contribution is -2.56. The fraction of sp³-hybridized carbons (Fsp3) is 0.588. The molecule has 274 valence electrons. The number of sulfone groups is 1. The van der Waals surface area contributed by atoms with Gasteiger partial charge in [-0.1, -0.05) is 30.7 Å². The number of nitrogens with zero attached hydrogens (tertiary/aromatic N) is 3. The lowest BCUT2D eigenvalue weighted by molar-refractivity contribution is -0.391. The summed E-state index contributed by atoms with van der Waals surface area (Å²) in [6.07, 6.45) is -9.18. The van der Waals surface area contributed by atoms with Crippen molar-refractivity contribution in [1.82, 2.24) is 14.7 Å². The van der Waals surface area contributed by atoms with Crippen LogP contribution in [0.5, 0.6) is 0 Å². The maximum Gasteiger partial charge on any atom is 0.430 e. The maximum absolute atomic E-state index is 14.7. The highest BCUT2D eigenvalue weighted by molar-refractivity contribution is 7.92. The van der Waals surface area contributed by atoms with E-state index in [4.69, 9.17) is 4.74 Å². The summed E-state index contributed by atoms with van der Waals surface area (Å²) in [4.78, 5) is 29.3. The number of carbonyl (C=O) groups excluding carboxylic acids is 2. The van der Waals surface area contributed by atoms with Gasteiger partial charge in [-0.15, -0.1) is 0 Å². The van der Waals surface area contributed by atoms with Crippen molar-refractivity contribution in [3.05, 3.63) is 65.5 Å². The van der Waals surface area contributed by atoms with Gasteiger partial charge < -0.3 is 19.4 Å². The minimum Gasteiger partial charge on any atom is -0.354 e. The number of alkyl halides is 6. The second-order valence-corrected chi connectivity index (χ2v) is 16.2. The van der Waals surface area contributed by atoms with Gasteiger partial charge in [0.1, 0.15) is 10.6 Å². The van der Waals surface area contributed by atoms with E-state index in [1.54, 1.807) is 4.90 Å². The van der Waals surface area contributed by atoms with Gasteiger partial charge in [0.15, 0.2) is 9.84 Å². The zero-order valence-corrected chi connectivity index (χ0v) is 28.1. The van der Waals surface area contributed by atoms with Crippen molar-refractivity contribution >= 4 is 21.8 Å². The third-order valence-corrected chi connectivity index (χ3v) is 13.6. The highest BCUT2D eigenvalue weighted by Gasteiger charge is 2.73. The molecule has 8 nitrogen and oxygen atoms in total. The number of halogens is 7. The number of benzene rings is 2. The molecular weight excluding hydrogens is 695 g/mol. The lowest BCUT2D eigenvalue weighted by atomic mass is 9.87. The molecule has 2 aliphatic heterocycles. The number of likely N-dealkylation sites (tertiary alicyclic amines) is 1. The molecule has 0 aromatic heterocycles. The Labute approximate surface area is 285 Å². The Bertz CT molecular complexity index is 1680. The van der Waals surface area contributed by atoms with Crippen molar-refractivity contribution in [1.29, 1.82) is 0 Å². The standard InChI is InChI=1S/C34H38F7N3O5S/c1-22(45)42-14-16-43(17-15-42)30(46)44-13-12-31(21-44,50(47,48)29-10-8-28(35)9-11-29)26-4-6-27(7-5-26)32(33(36,37)38,34(39,40)41)49-20-25-19-23-2-3-24(25)18-23/h4-11,23-25H,2-3,12-21H2,1H3/t23?,24?,25?,31-/m0/s1. The van der Waals surface area contributed by atoms with Crippen molar-refractivity contribution in [2.75, 3.05) is 45.9 Å². The minimum absolute atomic E-state index is 0.00380. The Balaban J connectivity index is 1.35. The molecule has 16 heteroatoms. The van der Waals surface area contributed by atoms with Gasteiger partial charge in [0.05, 0.1) is 11.5 Å². The predicted octanol–water partition coefficient (Wildman–Crippen LogP) is 6.26. The van der Waals surface area contributed by atoms with Crippen LogP contribution in [0, 0.1) is 23.6 Å². The first kappa shape index (κ1) is 36.4. The number of hydrogen-bond acceptors (Lipinski definition) is 5. The molecule has 2 saturated heterocycles. The largest absolute Gasteiger partial charge is 0.430 e. The number of ether oxygens (including phenoxy) is 1. The van der Waals surface area contributed by atoms with E-state index in [2.05, 4.69) is 0 Å². The predicted molar refractivity (Wildman–Crippen MR) is 166 cm³/mol. The number of fused-ring (bicyclic) bond motifs is 2. The molecule has 50 heavy (non-hydrogen) atoms. The SMILES string of the molecule is CC(=O)N1CCN(C(=O)N2CC[C@](c3ccc(C(OCC4CC5CCC4C5)(C(F)(F)F)C(F)(F)F)cc3)(S(=O)(=O)c3ccc(F)cc3)C2)CC1. The second-order valence-electron chi connectivity index (χ2n) is 13.9. The molecule has 2 aliphatic carbocycles. The average Bonchev–Trinajstić information content (AvgIpc) is 3.81. The number of hydrogen-bond donors (Lipinski definition) is 0. The van der Waals surface area contributed by atoms with Crippen molar-refractivity contribution in [2.24, 2.45) is 17.8 Å². The van der Waals surface area contributed by atoms with E-state index >= 15 is 0 Å². The fourth-order valence-electron chi connectivity index (χ4n) is 8.36. The van der Waals surface area contributed by atoms with Crippen molar-refractivity contribution in [3.8, 4) is 0 Å². The number of carbonyl (C=O) groups is 2. The molecule has 3 unspecified atom stereocenters. The summed E-state index contributed by atoms with van der Waals surface area (Å²) in [5.74, 6) is -1.06. The Morgan fingerprint density at radius 2 is 1.42 bits per heavy atom. The molecule has 2 bridgehead atoms. The quantitative estimate of drug-likeness (QED) is 0.248. The zero-order valence-electron chi connectivity index (χ0n) is 27.3. The summed E-state index contributed by atoms with van der Waals surface area (Å²) in [7, 11) is -4.53. The first-order valence-electron chi connectivity index (χ1n) is 16.6. The van der Waals surface area contributed by atoms with Gasteiger partial charge in [-0.2, -0.15) is 26.3 Å². The molecule has 2 saturated carbocycles. The summed E-state index contributed by atoms with van der Waals surface area (Å²) in [5.41, 5.74) is -6.04. The Morgan fingerprint density at radius 1 is 0.820 bits per heavy atom. The van der Waals surface area contributed by atoms with Crippen LogP contribution < -0.4 is 0 Å². The summed E-state index contributed by atoms with van der Waals surface area (Å²) in [5, 5.41) is 0. The van der Waals surface area contributed by atoms with Gasteiger partial charge in [0, 0.05) is 51.8 Å². The van der Waals surface area contributed by atoms with Crippen molar-refractivity contribution in [3.63, 3.8) is 0 Å². The monoisotopic (exact) mass is 733 g/mol. The average molecular weight is 734 g/mol. The third-order valence-electron chi connectivity index (χ3n) is 11.2. The van der Waals surface area contributed by atoms with Gasteiger partial charge in [0.2, 0.25) is 5.91 Å². The highest BCUT2D eigenvalue weighted by atomic mass is 32.2. The van der Waals surface area contributed by atoms with Crippen LogP contribution in [-0.4, -0.2) is 93.3 Å². The van der Waals surface area contributed by atoms with Gasteiger partial charge in [0.25, 0.3) is 5.60 Å². The smallest absolute Gasteiger partial charge is 0.354 e. The Morgan fingerprint density at radius 3 is 1.94 bits per heavy atom. The van der Waals surface area contributed by atoms with E-state index in [1.807, 2.05) is 0 Å². The summed E-state index contributed by atoms with van der Waals surface area (Å²) >= 11 is 0. The molecule has 4 fully saturated rings. The van der Waals surface area contributed by atoms with Crippen LogP contribution in [0.2, 0.25) is 0 Å². The molecule has 2 heterocycles. The van der Waals surface area contributed by atoms with Crippen LogP contribution >= 0.6 is 0 Å². The molecule has 0 spiro atoms. The van der Waals surface area contributed by atoms with E-state index in [1.165, 1.54) is 16.7 Å². The van der Waals surface area contributed by atoms with E-state index in [9.17, 15) is 48.7 Å². The number of urea groups is 1. The van der Waals surface area contributed by atoms with Crippen molar-refractivity contribution < 1.29 is 53.5 Å². The van der Waals surface area contributed by atoms with Gasteiger partial charge >= 0.3 is 18.4 Å². The minimum atomic E-state index is -5.91. The van der Waals surface area contributed by atoms with Crippen LogP contribution in [0.1, 0.15) is 50.2 Å². The molecular formula is C34H38F7N3O5S. The number of rotatable bonds is 7. The topological polar surface area (TPSA) is 87.2 Å². The van der Waals surface area contributed by atoms with Crippen LogP contribution in [0.3, 0.4) is 0 Å². The van der Waals surface area contributed by atoms with Crippen LogP contribution in [-0.2, 0) is 29.7 Å². The molecule has 6 rings (SSSR count). The molecule has 0 radical (unpaired) electrons. The molecule has 3 amide bonds. The summed E-state index contributed by atoms with van der Waals surface area (Å²) < 4.78 is 134. The molecule has 2 aromatic rings. The number of piperazine rings is 1. The van der Waals surface area contributed by atoms with Crippen LogP contribution in [0.15, 0.2) is 53.4 Å². The van der Waals surface area contributed by atoms with Gasteiger partial charge in [-0.3, -0.25) is 4.79 Å². The summed E-state index contributed by atoms with van der Waals surface area (Å²) in [6.45, 7) is 0.983. The summed E-state index contributed by atoms with van der Waals surface area (Å²) in [6, 6.07) is 6.40. The lowest BCUT2D eigenvalue weighted by Gasteiger charge is -2.39. The van der Waals surface area contributed by atoms with Crippen LogP contribution in [0.4, 0.5) is 35.5 Å². The second kappa shape index (κ2) is 13.0. The Kier molecular flexibility index (Phi) is 9.45. The first-order valence-corrected chi connectivity index (χ1v) is 18.1. The molecule has 2 aromatic carbocycles. The molecule has 0 N–H and O–H groups in total. The first-order chi connectivity index (χ1) is 23.4. The maximum atomic E-state index is 14.7. The van der Waals surface area contributed by atoms with Crippen molar-refractivity contribution in [2.45, 2.75) is 66.6 Å². The highest BCUT2D eigenvalue weighted by Crippen LogP contribution is 2.55. The molecule has 4 atom stereocenters. The van der Waals surface area contributed by atoms with E-state index < -0.39 is 69.0 Å². The van der Waals surface area contributed by atoms with Gasteiger partial charge in [-0.25, -0.2) is 17.6 Å². The van der Waals surface area contributed by atoms with E-state index in [0.717, 1.165) is 55.7 Å². The number of amides is 3. The van der Waals surface area contributed by atoms with E-state index in [-0.39, 0.29) is 67.3 Å². The zero-order chi connectivity index (χ0) is 36.3. The third kappa shape index (κ3) is 6.13. The fourth-order valence-corrected chi connectivity index (χ4v) is 10.4. The van der Waals surface area contributed by atoms with E-state index in [0.29, 0.717) is 18.6 Å². The van der Waals surface area contributed by atoms with Crippen LogP contribution in [0.25, 0.3) is 0 Å². The Hall–Kier alpha value is -3.40. The normalized spacial score (nSPS) is 26.2. The molecule has 4 aliphatic rings.